The molecule has 1 nitrogen and oxygen atoms in total. The van der Waals surface area contributed by atoms with Crippen LogP contribution in [0.3, 0.4) is 0 Å². The molecule has 0 heterocycles. The summed E-state index contributed by atoms with van der Waals surface area (Å²) in [5.41, 5.74) is 1.40. The molecule has 0 bridgehead atoms. The van der Waals surface area contributed by atoms with E-state index in [2.05, 4.69) is 0 Å². The van der Waals surface area contributed by atoms with Crippen molar-refractivity contribution in [2.45, 2.75) is 13.0 Å². The van der Waals surface area contributed by atoms with Crippen molar-refractivity contribution in [3.63, 3.8) is 0 Å². The average Bonchev–Trinajstić information content (AvgIpc) is 2.49. The molecule has 1 atom stereocenters. The van der Waals surface area contributed by atoms with Crippen LogP contribution in [0.15, 0.2) is 54.6 Å². The van der Waals surface area contributed by atoms with E-state index in [9.17, 15) is 13.9 Å². The summed E-state index contributed by atoms with van der Waals surface area (Å²) in [7, 11) is 0. The van der Waals surface area contributed by atoms with E-state index in [-0.39, 0.29) is 5.56 Å². The molecule has 106 valence electrons. The normalized spacial score (nSPS) is 12.6. The molecular formula is C18H14F2O. The van der Waals surface area contributed by atoms with E-state index in [1.165, 1.54) is 12.1 Å². The summed E-state index contributed by atoms with van der Waals surface area (Å²) in [5, 5.41) is 12.4. The van der Waals surface area contributed by atoms with E-state index in [4.69, 9.17) is 0 Å². The first-order valence-corrected chi connectivity index (χ1v) is 6.70. The van der Waals surface area contributed by atoms with Crippen LogP contribution >= 0.6 is 0 Å². The molecule has 0 aliphatic carbocycles. The predicted octanol–water partition coefficient (Wildman–Crippen LogP) is 4.51. The number of aliphatic hydroxyl groups is 1. The molecule has 1 unspecified atom stereocenters. The quantitative estimate of drug-likeness (QED) is 0.734. The smallest absolute Gasteiger partial charge is 0.164 e. The lowest BCUT2D eigenvalue weighted by molar-refractivity contribution is 0.214. The van der Waals surface area contributed by atoms with Crippen LogP contribution in [0.25, 0.3) is 10.8 Å². The van der Waals surface area contributed by atoms with Crippen molar-refractivity contribution in [1.29, 1.82) is 0 Å². The van der Waals surface area contributed by atoms with Gasteiger partial charge in [-0.05, 0) is 34.9 Å². The molecule has 0 radical (unpaired) electrons. The van der Waals surface area contributed by atoms with Gasteiger partial charge in [0.1, 0.15) is 6.10 Å². The molecule has 0 aliphatic heterocycles. The van der Waals surface area contributed by atoms with Crippen LogP contribution in [0.4, 0.5) is 8.78 Å². The van der Waals surface area contributed by atoms with Gasteiger partial charge in [-0.3, -0.25) is 0 Å². The first-order chi connectivity index (χ1) is 10.1. The standard InChI is InChI=1S/C18H14F2O/c1-11-9-10-12-5-2-3-6-13(12)16(11)18(21)14-7-4-8-15(19)17(14)20/h2-10,18,21H,1H3. The van der Waals surface area contributed by atoms with Gasteiger partial charge >= 0.3 is 0 Å². The van der Waals surface area contributed by atoms with Crippen LogP contribution in [-0.4, -0.2) is 5.11 Å². The van der Waals surface area contributed by atoms with Crippen LogP contribution in [0, 0.1) is 18.6 Å². The van der Waals surface area contributed by atoms with Crippen LogP contribution in [0.2, 0.25) is 0 Å². The number of aliphatic hydroxyl groups excluding tert-OH is 1. The Morgan fingerprint density at radius 3 is 2.48 bits per heavy atom. The topological polar surface area (TPSA) is 20.2 Å². The van der Waals surface area contributed by atoms with Gasteiger partial charge in [-0.25, -0.2) is 8.78 Å². The van der Waals surface area contributed by atoms with Gasteiger partial charge < -0.3 is 5.11 Å². The van der Waals surface area contributed by atoms with Crippen molar-refractivity contribution >= 4 is 10.8 Å². The molecule has 0 spiro atoms. The zero-order valence-electron chi connectivity index (χ0n) is 11.5. The fraction of sp³-hybridized carbons (Fsp3) is 0.111. The first-order valence-electron chi connectivity index (χ1n) is 6.70. The second-order valence-corrected chi connectivity index (χ2v) is 5.06. The Balaban J connectivity index is 2.24. The summed E-state index contributed by atoms with van der Waals surface area (Å²) < 4.78 is 27.3. The van der Waals surface area contributed by atoms with Gasteiger partial charge in [-0.2, -0.15) is 0 Å². The van der Waals surface area contributed by atoms with E-state index in [1.807, 2.05) is 43.3 Å². The second-order valence-electron chi connectivity index (χ2n) is 5.06. The lowest BCUT2D eigenvalue weighted by Gasteiger charge is -2.18. The van der Waals surface area contributed by atoms with Gasteiger partial charge in [0.25, 0.3) is 0 Å². The van der Waals surface area contributed by atoms with Crippen LogP contribution < -0.4 is 0 Å². The minimum absolute atomic E-state index is 0.0468. The Labute approximate surface area is 121 Å². The Hall–Kier alpha value is -2.26. The summed E-state index contributed by atoms with van der Waals surface area (Å²) in [5.74, 6) is -1.96. The molecule has 21 heavy (non-hydrogen) atoms. The van der Waals surface area contributed by atoms with Gasteiger partial charge in [-0.1, -0.05) is 48.5 Å². The Bertz CT molecular complexity index is 811. The second kappa shape index (κ2) is 5.26. The van der Waals surface area contributed by atoms with Gasteiger partial charge in [0, 0.05) is 5.56 Å². The summed E-state index contributed by atoms with van der Waals surface area (Å²) in [4.78, 5) is 0. The number of rotatable bonds is 2. The van der Waals surface area contributed by atoms with E-state index in [0.29, 0.717) is 5.56 Å². The number of fused-ring (bicyclic) bond motifs is 1. The highest BCUT2D eigenvalue weighted by Crippen LogP contribution is 2.33. The van der Waals surface area contributed by atoms with Crippen molar-refractivity contribution in [3.8, 4) is 0 Å². The summed E-state index contributed by atoms with van der Waals surface area (Å²) in [6.07, 6.45) is -1.20. The van der Waals surface area contributed by atoms with Crippen molar-refractivity contribution in [2.75, 3.05) is 0 Å². The highest BCUT2D eigenvalue weighted by molar-refractivity contribution is 5.87. The molecule has 3 heteroatoms. The fourth-order valence-corrected chi connectivity index (χ4v) is 2.65. The highest BCUT2D eigenvalue weighted by Gasteiger charge is 2.21. The monoisotopic (exact) mass is 284 g/mol. The Morgan fingerprint density at radius 2 is 1.67 bits per heavy atom. The summed E-state index contributed by atoms with van der Waals surface area (Å²) in [6, 6.07) is 15.2. The molecule has 1 N–H and O–H groups in total. The first kappa shape index (κ1) is 13.7. The van der Waals surface area contributed by atoms with E-state index < -0.39 is 17.7 Å². The summed E-state index contributed by atoms with van der Waals surface area (Å²) in [6.45, 7) is 1.85. The highest BCUT2D eigenvalue weighted by atomic mass is 19.2. The van der Waals surface area contributed by atoms with Gasteiger partial charge in [0.15, 0.2) is 11.6 Å². The summed E-state index contributed by atoms with van der Waals surface area (Å²) >= 11 is 0. The molecule has 3 aromatic carbocycles. The molecule has 3 rings (SSSR count). The third-order valence-corrected chi connectivity index (χ3v) is 3.74. The van der Waals surface area contributed by atoms with Crippen molar-refractivity contribution < 1.29 is 13.9 Å². The van der Waals surface area contributed by atoms with Gasteiger partial charge in [-0.15, -0.1) is 0 Å². The lowest BCUT2D eigenvalue weighted by Crippen LogP contribution is -2.06. The fourth-order valence-electron chi connectivity index (χ4n) is 2.65. The number of halogens is 2. The third kappa shape index (κ3) is 2.30. The Morgan fingerprint density at radius 1 is 0.905 bits per heavy atom. The van der Waals surface area contributed by atoms with Crippen LogP contribution in [0.5, 0.6) is 0 Å². The third-order valence-electron chi connectivity index (χ3n) is 3.74. The van der Waals surface area contributed by atoms with E-state index in [1.54, 1.807) is 0 Å². The SMILES string of the molecule is Cc1ccc2ccccc2c1C(O)c1cccc(F)c1F. The lowest BCUT2D eigenvalue weighted by atomic mass is 9.92. The molecule has 0 fully saturated rings. The van der Waals surface area contributed by atoms with Crippen LogP contribution in [-0.2, 0) is 0 Å². The maximum Gasteiger partial charge on any atom is 0.164 e. The zero-order chi connectivity index (χ0) is 15.0. The number of hydrogen-bond donors (Lipinski definition) is 1. The molecule has 0 saturated heterocycles. The molecular weight excluding hydrogens is 270 g/mol. The maximum atomic E-state index is 13.9. The molecule has 0 amide bonds. The van der Waals surface area contributed by atoms with Crippen molar-refractivity contribution in [3.05, 3.63) is 82.9 Å². The minimum Gasteiger partial charge on any atom is -0.384 e. The Kier molecular flexibility index (Phi) is 3.43. The van der Waals surface area contributed by atoms with E-state index in [0.717, 1.165) is 22.4 Å². The van der Waals surface area contributed by atoms with Gasteiger partial charge in [0.05, 0.1) is 0 Å². The zero-order valence-corrected chi connectivity index (χ0v) is 11.5. The largest absolute Gasteiger partial charge is 0.384 e. The molecule has 0 aromatic heterocycles. The number of aryl methyl sites for hydroxylation is 1. The molecule has 0 saturated carbocycles. The molecule has 0 aliphatic rings. The molecule has 3 aromatic rings. The van der Waals surface area contributed by atoms with E-state index >= 15 is 0 Å². The maximum absolute atomic E-state index is 13.9. The minimum atomic E-state index is -1.20. The van der Waals surface area contributed by atoms with Crippen molar-refractivity contribution in [2.24, 2.45) is 0 Å². The average molecular weight is 284 g/mol. The van der Waals surface area contributed by atoms with Gasteiger partial charge in [0.2, 0.25) is 0 Å². The van der Waals surface area contributed by atoms with Crippen molar-refractivity contribution in [1.82, 2.24) is 0 Å². The number of hydrogen-bond acceptors (Lipinski definition) is 1. The van der Waals surface area contributed by atoms with Crippen LogP contribution in [0.1, 0.15) is 22.8 Å². The number of benzene rings is 3. The predicted molar refractivity (Wildman–Crippen MR) is 79.1 cm³/mol.